The summed E-state index contributed by atoms with van der Waals surface area (Å²) in [5, 5.41) is 16.8. The maximum absolute atomic E-state index is 11.3. The zero-order valence-corrected chi connectivity index (χ0v) is 8.82. The third kappa shape index (κ3) is 1.21. The fourth-order valence-corrected chi connectivity index (χ4v) is 2.18. The first kappa shape index (κ1) is 9.33. The molecule has 1 aliphatic rings. The van der Waals surface area contributed by atoms with Gasteiger partial charge in [-0.15, -0.1) is 0 Å². The average molecular weight is 217 g/mol. The van der Waals surface area contributed by atoms with Gasteiger partial charge in [0.15, 0.2) is 5.65 Å². The molecule has 82 valence electrons. The molecule has 5 nitrogen and oxygen atoms in total. The Morgan fingerprint density at radius 3 is 2.94 bits per heavy atom. The van der Waals surface area contributed by atoms with Crippen molar-refractivity contribution in [1.82, 2.24) is 15.2 Å². The van der Waals surface area contributed by atoms with Crippen molar-refractivity contribution >= 4 is 17.0 Å². The highest BCUT2D eigenvalue weighted by Crippen LogP contribution is 2.44. The number of hydrogen-bond donors (Lipinski definition) is 2. The number of aryl methyl sites for hydroxylation is 1. The van der Waals surface area contributed by atoms with Crippen LogP contribution in [0.5, 0.6) is 0 Å². The van der Waals surface area contributed by atoms with Crippen LogP contribution in [0.3, 0.4) is 0 Å². The molecule has 1 fully saturated rings. The highest BCUT2D eigenvalue weighted by molar-refractivity contribution is 5.97. The van der Waals surface area contributed by atoms with E-state index in [-0.39, 0.29) is 0 Å². The summed E-state index contributed by atoms with van der Waals surface area (Å²) in [5.41, 5.74) is 2.51. The number of fused-ring (bicyclic) bond motifs is 1. The van der Waals surface area contributed by atoms with E-state index in [1.165, 1.54) is 0 Å². The molecule has 0 aliphatic heterocycles. The van der Waals surface area contributed by atoms with E-state index in [2.05, 4.69) is 15.2 Å². The zero-order chi connectivity index (χ0) is 11.3. The quantitative estimate of drug-likeness (QED) is 0.804. The van der Waals surface area contributed by atoms with E-state index < -0.39 is 5.97 Å². The molecule has 2 aromatic heterocycles. The van der Waals surface area contributed by atoms with Crippen molar-refractivity contribution in [2.24, 2.45) is 0 Å². The van der Waals surface area contributed by atoms with Crippen LogP contribution in [0.15, 0.2) is 6.20 Å². The van der Waals surface area contributed by atoms with Crippen LogP contribution in [0.1, 0.15) is 40.4 Å². The Hall–Kier alpha value is -1.91. The Bertz CT molecular complexity index is 584. The molecule has 16 heavy (non-hydrogen) atoms. The minimum atomic E-state index is -0.894. The molecule has 0 bridgehead atoms. The number of aromatic amines is 1. The van der Waals surface area contributed by atoms with Crippen LogP contribution in [-0.2, 0) is 0 Å². The van der Waals surface area contributed by atoms with Gasteiger partial charge in [0.2, 0.25) is 0 Å². The highest BCUT2D eigenvalue weighted by Gasteiger charge is 2.32. The average Bonchev–Trinajstić information content (AvgIpc) is 2.95. The third-order valence-corrected chi connectivity index (χ3v) is 3.02. The van der Waals surface area contributed by atoms with E-state index in [0.29, 0.717) is 22.8 Å². The van der Waals surface area contributed by atoms with Crippen molar-refractivity contribution in [2.75, 3.05) is 0 Å². The molecule has 2 heterocycles. The molecule has 0 aromatic carbocycles. The second-order valence-electron chi connectivity index (χ2n) is 4.20. The standard InChI is InChI=1S/C11H11N3O2/c1-5-8(11(15)16)9(6-2-3-6)7-4-12-14-10(7)13-5/h4,6H,2-3H2,1H3,(H,15,16)(H,12,13,14). The van der Waals surface area contributed by atoms with Crippen LogP contribution < -0.4 is 0 Å². The molecule has 0 atom stereocenters. The number of carboxylic acid groups (broad SMARTS) is 1. The molecular weight excluding hydrogens is 206 g/mol. The first-order chi connectivity index (χ1) is 7.68. The van der Waals surface area contributed by atoms with Crippen molar-refractivity contribution < 1.29 is 9.90 Å². The molecule has 0 spiro atoms. The summed E-state index contributed by atoms with van der Waals surface area (Å²) >= 11 is 0. The van der Waals surface area contributed by atoms with Crippen molar-refractivity contribution in [2.45, 2.75) is 25.7 Å². The van der Waals surface area contributed by atoms with Gasteiger partial charge in [-0.25, -0.2) is 9.78 Å². The predicted octanol–water partition coefficient (Wildman–Crippen LogP) is 1.84. The predicted molar refractivity (Wildman–Crippen MR) is 57.6 cm³/mol. The summed E-state index contributed by atoms with van der Waals surface area (Å²) in [4.78, 5) is 15.5. The van der Waals surface area contributed by atoms with Gasteiger partial charge in [0, 0.05) is 5.39 Å². The molecule has 0 amide bonds. The molecule has 2 aromatic rings. The maximum Gasteiger partial charge on any atom is 0.337 e. The summed E-state index contributed by atoms with van der Waals surface area (Å²) in [7, 11) is 0. The van der Waals surface area contributed by atoms with Crippen molar-refractivity contribution in [3.05, 3.63) is 23.0 Å². The maximum atomic E-state index is 11.3. The summed E-state index contributed by atoms with van der Waals surface area (Å²) in [6, 6.07) is 0. The van der Waals surface area contributed by atoms with Gasteiger partial charge >= 0.3 is 5.97 Å². The normalized spacial score (nSPS) is 15.6. The summed E-state index contributed by atoms with van der Waals surface area (Å²) in [6.07, 6.45) is 3.79. The van der Waals surface area contributed by atoms with E-state index >= 15 is 0 Å². The largest absolute Gasteiger partial charge is 0.478 e. The summed E-state index contributed by atoms with van der Waals surface area (Å²) in [5.74, 6) is -0.525. The molecule has 0 saturated heterocycles. The first-order valence-electron chi connectivity index (χ1n) is 5.25. The van der Waals surface area contributed by atoms with Gasteiger partial charge in [-0.05, 0) is 31.2 Å². The molecule has 1 aliphatic carbocycles. The number of rotatable bonds is 2. The molecule has 0 radical (unpaired) electrons. The number of pyridine rings is 1. The zero-order valence-electron chi connectivity index (χ0n) is 8.82. The number of nitrogens with one attached hydrogen (secondary N) is 1. The van der Waals surface area contributed by atoms with Gasteiger partial charge < -0.3 is 5.11 Å². The van der Waals surface area contributed by atoms with Crippen LogP contribution in [0.2, 0.25) is 0 Å². The molecule has 2 N–H and O–H groups in total. The van der Waals surface area contributed by atoms with Gasteiger partial charge in [-0.2, -0.15) is 5.10 Å². The minimum absolute atomic E-state index is 0.358. The van der Waals surface area contributed by atoms with E-state index in [0.717, 1.165) is 23.8 Å². The number of H-pyrrole nitrogens is 1. The lowest BCUT2D eigenvalue weighted by molar-refractivity contribution is 0.0694. The van der Waals surface area contributed by atoms with Crippen LogP contribution in [-0.4, -0.2) is 26.3 Å². The number of aromatic nitrogens is 3. The van der Waals surface area contributed by atoms with Gasteiger partial charge in [-0.3, -0.25) is 5.10 Å². The second kappa shape index (κ2) is 3.04. The first-order valence-corrected chi connectivity index (χ1v) is 5.25. The van der Waals surface area contributed by atoms with E-state index in [1.807, 2.05) is 0 Å². The van der Waals surface area contributed by atoms with Crippen LogP contribution in [0.4, 0.5) is 0 Å². The number of hydrogen-bond acceptors (Lipinski definition) is 3. The van der Waals surface area contributed by atoms with E-state index in [9.17, 15) is 9.90 Å². The Labute approximate surface area is 91.5 Å². The summed E-state index contributed by atoms with van der Waals surface area (Å²) in [6.45, 7) is 1.73. The number of carboxylic acids is 1. The van der Waals surface area contributed by atoms with Gasteiger partial charge in [0.25, 0.3) is 0 Å². The molecular formula is C11H11N3O2. The lowest BCUT2D eigenvalue weighted by atomic mass is 9.99. The number of nitrogens with zero attached hydrogens (tertiary/aromatic N) is 2. The Kier molecular flexibility index (Phi) is 1.77. The fraction of sp³-hybridized carbons (Fsp3) is 0.364. The molecule has 0 unspecified atom stereocenters. The molecule has 1 saturated carbocycles. The van der Waals surface area contributed by atoms with Crippen LogP contribution >= 0.6 is 0 Å². The van der Waals surface area contributed by atoms with Gasteiger partial charge in [0.05, 0.1) is 17.5 Å². The highest BCUT2D eigenvalue weighted by atomic mass is 16.4. The third-order valence-electron chi connectivity index (χ3n) is 3.02. The Morgan fingerprint density at radius 2 is 2.31 bits per heavy atom. The lowest BCUT2D eigenvalue weighted by Gasteiger charge is -2.08. The van der Waals surface area contributed by atoms with Gasteiger partial charge in [-0.1, -0.05) is 0 Å². The number of aromatic carboxylic acids is 1. The fourth-order valence-electron chi connectivity index (χ4n) is 2.18. The lowest BCUT2D eigenvalue weighted by Crippen LogP contribution is -2.07. The second-order valence-corrected chi connectivity index (χ2v) is 4.20. The SMILES string of the molecule is Cc1nc2[nH]ncc2c(C2CC2)c1C(=O)O. The van der Waals surface area contributed by atoms with Crippen molar-refractivity contribution in [3.63, 3.8) is 0 Å². The Balaban J connectivity index is 2.40. The van der Waals surface area contributed by atoms with E-state index in [4.69, 9.17) is 0 Å². The van der Waals surface area contributed by atoms with Crippen molar-refractivity contribution in [3.8, 4) is 0 Å². The monoisotopic (exact) mass is 217 g/mol. The number of carbonyl (C=O) groups is 1. The van der Waals surface area contributed by atoms with Crippen LogP contribution in [0, 0.1) is 6.92 Å². The Morgan fingerprint density at radius 1 is 1.56 bits per heavy atom. The minimum Gasteiger partial charge on any atom is -0.478 e. The van der Waals surface area contributed by atoms with Crippen molar-refractivity contribution in [1.29, 1.82) is 0 Å². The smallest absolute Gasteiger partial charge is 0.337 e. The molecule has 3 rings (SSSR count). The summed E-state index contributed by atoms with van der Waals surface area (Å²) < 4.78 is 0. The molecule has 5 heteroatoms. The van der Waals surface area contributed by atoms with E-state index in [1.54, 1.807) is 13.1 Å². The topological polar surface area (TPSA) is 78.9 Å². The van der Waals surface area contributed by atoms with Crippen LogP contribution in [0.25, 0.3) is 11.0 Å². The van der Waals surface area contributed by atoms with Gasteiger partial charge in [0.1, 0.15) is 0 Å².